The molecule has 8 heteroatoms. The Kier molecular flexibility index (Phi) is 6.24. The van der Waals surface area contributed by atoms with E-state index in [9.17, 15) is 9.59 Å². The number of carbonyl (C=O) groups excluding carboxylic acids is 2. The van der Waals surface area contributed by atoms with Gasteiger partial charge in [0.05, 0.1) is 5.92 Å². The van der Waals surface area contributed by atoms with E-state index in [0.29, 0.717) is 29.8 Å². The number of amides is 2. The van der Waals surface area contributed by atoms with Crippen LogP contribution in [0.2, 0.25) is 0 Å². The van der Waals surface area contributed by atoms with Crippen LogP contribution in [0.15, 0.2) is 41.2 Å². The molecule has 1 saturated heterocycles. The van der Waals surface area contributed by atoms with Gasteiger partial charge in [-0.3, -0.25) is 9.59 Å². The molecule has 0 unspecified atom stereocenters. The van der Waals surface area contributed by atoms with E-state index < -0.39 is 0 Å². The molecule has 3 aromatic rings. The second-order valence-corrected chi connectivity index (χ2v) is 9.48. The molecule has 1 aliphatic rings. The molecule has 0 radical (unpaired) electrons. The average Bonchev–Trinajstić information content (AvgIpc) is 3.46. The van der Waals surface area contributed by atoms with Crippen LogP contribution in [0.1, 0.15) is 48.7 Å². The Labute approximate surface area is 184 Å². The zero-order valence-electron chi connectivity index (χ0n) is 17.0. The number of anilines is 1. The van der Waals surface area contributed by atoms with Gasteiger partial charge in [-0.1, -0.05) is 38.1 Å². The zero-order valence-corrected chi connectivity index (χ0v) is 18.6. The molecule has 1 atom stereocenters. The van der Waals surface area contributed by atoms with E-state index in [1.54, 1.807) is 11.1 Å². The van der Waals surface area contributed by atoms with Gasteiger partial charge in [-0.2, -0.15) is 0 Å². The summed E-state index contributed by atoms with van der Waals surface area (Å²) in [5, 5.41) is 7.91. The van der Waals surface area contributed by atoms with Gasteiger partial charge in [0.1, 0.15) is 10.7 Å². The molecular weight excluding hydrogens is 416 g/mol. The maximum atomic E-state index is 13.0. The standard InChI is InChI=1S/C22H24N4O2S2/c1-14(2)15-5-7-16(8-6-15)20-24-18(13-30-20)21(28)26-10-3-4-17(12-26)19(27)25-22-23-9-11-29-22/h5-9,11,13-14,17H,3-4,10,12H2,1-2H3,(H,23,25,27)/t17-/m0/s1. The van der Waals surface area contributed by atoms with Crippen molar-refractivity contribution in [3.05, 3.63) is 52.5 Å². The van der Waals surface area contributed by atoms with E-state index in [0.717, 1.165) is 23.4 Å². The molecule has 0 saturated carbocycles. The smallest absolute Gasteiger partial charge is 0.273 e. The van der Waals surface area contributed by atoms with Gasteiger partial charge in [-0.05, 0) is 24.3 Å². The maximum absolute atomic E-state index is 13.0. The number of benzene rings is 1. The summed E-state index contributed by atoms with van der Waals surface area (Å²) in [4.78, 5) is 36.0. The fourth-order valence-corrected chi connectivity index (χ4v) is 4.88. The second kappa shape index (κ2) is 9.06. The second-order valence-electron chi connectivity index (χ2n) is 7.73. The van der Waals surface area contributed by atoms with Crippen molar-refractivity contribution in [1.82, 2.24) is 14.9 Å². The van der Waals surface area contributed by atoms with Gasteiger partial charge in [-0.25, -0.2) is 9.97 Å². The molecule has 6 nitrogen and oxygen atoms in total. The number of carbonyl (C=O) groups is 2. The number of nitrogens with zero attached hydrogens (tertiary/aromatic N) is 3. The van der Waals surface area contributed by atoms with Gasteiger partial charge in [0.15, 0.2) is 5.13 Å². The quantitative estimate of drug-likeness (QED) is 0.613. The minimum Gasteiger partial charge on any atom is -0.336 e. The van der Waals surface area contributed by atoms with Gasteiger partial charge in [0.2, 0.25) is 5.91 Å². The van der Waals surface area contributed by atoms with Crippen LogP contribution in [0.3, 0.4) is 0 Å². The molecule has 0 aliphatic carbocycles. The van der Waals surface area contributed by atoms with Crippen molar-refractivity contribution in [1.29, 1.82) is 0 Å². The molecule has 1 aromatic carbocycles. The minimum atomic E-state index is -0.228. The number of aromatic nitrogens is 2. The summed E-state index contributed by atoms with van der Waals surface area (Å²) >= 11 is 2.86. The molecule has 1 N–H and O–H groups in total. The van der Waals surface area contributed by atoms with Gasteiger partial charge < -0.3 is 10.2 Å². The summed E-state index contributed by atoms with van der Waals surface area (Å²) in [5.41, 5.74) is 2.74. The van der Waals surface area contributed by atoms with Crippen LogP contribution >= 0.6 is 22.7 Å². The van der Waals surface area contributed by atoms with E-state index in [1.165, 1.54) is 28.2 Å². The van der Waals surface area contributed by atoms with Crippen molar-refractivity contribution in [3.63, 3.8) is 0 Å². The van der Waals surface area contributed by atoms with E-state index in [1.807, 2.05) is 10.8 Å². The van der Waals surface area contributed by atoms with Crippen LogP contribution in [0.25, 0.3) is 10.6 Å². The van der Waals surface area contributed by atoms with E-state index in [4.69, 9.17) is 0 Å². The molecule has 0 bridgehead atoms. The SMILES string of the molecule is CC(C)c1ccc(-c2nc(C(=O)N3CCC[C@H](C(=O)Nc4nccs4)C3)cs2)cc1. The average molecular weight is 441 g/mol. The topological polar surface area (TPSA) is 75.2 Å². The maximum Gasteiger partial charge on any atom is 0.273 e. The van der Waals surface area contributed by atoms with Crippen LogP contribution < -0.4 is 5.32 Å². The molecule has 0 spiro atoms. The first-order chi connectivity index (χ1) is 14.5. The van der Waals surface area contributed by atoms with Crippen LogP contribution in [0.5, 0.6) is 0 Å². The number of hydrogen-bond acceptors (Lipinski definition) is 6. The summed E-state index contributed by atoms with van der Waals surface area (Å²) in [6.07, 6.45) is 3.23. The van der Waals surface area contributed by atoms with Crippen molar-refractivity contribution in [2.75, 3.05) is 18.4 Å². The van der Waals surface area contributed by atoms with Crippen LogP contribution in [0, 0.1) is 5.92 Å². The van der Waals surface area contributed by atoms with Gasteiger partial charge >= 0.3 is 0 Å². The van der Waals surface area contributed by atoms with Crippen molar-refractivity contribution < 1.29 is 9.59 Å². The van der Waals surface area contributed by atoms with E-state index in [2.05, 4.69) is 53.4 Å². The number of rotatable bonds is 5. The number of nitrogens with one attached hydrogen (secondary N) is 1. The lowest BCUT2D eigenvalue weighted by Gasteiger charge is -2.31. The lowest BCUT2D eigenvalue weighted by Crippen LogP contribution is -2.43. The van der Waals surface area contributed by atoms with Crippen molar-refractivity contribution >= 4 is 39.6 Å². The summed E-state index contributed by atoms with van der Waals surface area (Å²) in [6.45, 7) is 5.39. The minimum absolute atomic E-state index is 0.0772. The Balaban J connectivity index is 1.42. The summed E-state index contributed by atoms with van der Waals surface area (Å²) in [5.74, 6) is 0.0651. The predicted molar refractivity (Wildman–Crippen MR) is 121 cm³/mol. The fourth-order valence-electron chi connectivity index (χ4n) is 3.55. The number of likely N-dealkylation sites (tertiary alicyclic amines) is 1. The molecule has 4 rings (SSSR count). The Morgan fingerprint density at radius 3 is 2.70 bits per heavy atom. The Morgan fingerprint density at radius 1 is 1.20 bits per heavy atom. The van der Waals surface area contributed by atoms with Crippen LogP contribution in [0.4, 0.5) is 5.13 Å². The van der Waals surface area contributed by atoms with Crippen LogP contribution in [-0.2, 0) is 4.79 Å². The molecule has 2 amide bonds. The monoisotopic (exact) mass is 440 g/mol. The van der Waals surface area contributed by atoms with Crippen molar-refractivity contribution in [2.45, 2.75) is 32.6 Å². The molecule has 156 valence electrons. The van der Waals surface area contributed by atoms with Crippen LogP contribution in [-0.4, -0.2) is 39.8 Å². The van der Waals surface area contributed by atoms with Crippen molar-refractivity contribution in [2.24, 2.45) is 5.92 Å². The summed E-state index contributed by atoms with van der Waals surface area (Å²) in [7, 11) is 0. The molecule has 1 fully saturated rings. The molecule has 3 heterocycles. The predicted octanol–water partition coefficient (Wildman–Crippen LogP) is 4.88. The highest BCUT2D eigenvalue weighted by Crippen LogP contribution is 2.27. The lowest BCUT2D eigenvalue weighted by molar-refractivity contribution is -0.121. The highest BCUT2D eigenvalue weighted by atomic mass is 32.1. The molecule has 2 aromatic heterocycles. The third-order valence-corrected chi connectivity index (χ3v) is 6.87. The zero-order chi connectivity index (χ0) is 21.1. The highest BCUT2D eigenvalue weighted by molar-refractivity contribution is 7.13. The highest BCUT2D eigenvalue weighted by Gasteiger charge is 2.30. The Morgan fingerprint density at radius 2 is 2.00 bits per heavy atom. The Bertz CT molecular complexity index is 1010. The normalized spacial score (nSPS) is 16.6. The first-order valence-corrected chi connectivity index (χ1v) is 11.8. The van der Waals surface area contributed by atoms with Gasteiger partial charge in [-0.15, -0.1) is 22.7 Å². The third-order valence-electron chi connectivity index (χ3n) is 5.29. The lowest BCUT2D eigenvalue weighted by atomic mass is 9.97. The van der Waals surface area contributed by atoms with Gasteiger partial charge in [0, 0.05) is 35.6 Å². The van der Waals surface area contributed by atoms with E-state index >= 15 is 0 Å². The number of hydrogen-bond donors (Lipinski definition) is 1. The fraction of sp³-hybridized carbons (Fsp3) is 0.364. The summed E-state index contributed by atoms with van der Waals surface area (Å²) < 4.78 is 0. The number of thiazole rings is 2. The molecular formula is C22H24N4O2S2. The largest absolute Gasteiger partial charge is 0.336 e. The first-order valence-electron chi connectivity index (χ1n) is 10.1. The van der Waals surface area contributed by atoms with E-state index in [-0.39, 0.29) is 17.7 Å². The Hall–Kier alpha value is -2.58. The molecule has 1 aliphatic heterocycles. The summed E-state index contributed by atoms with van der Waals surface area (Å²) in [6, 6.07) is 8.34. The van der Waals surface area contributed by atoms with Gasteiger partial charge in [0.25, 0.3) is 5.91 Å². The third kappa shape index (κ3) is 4.60. The first kappa shape index (κ1) is 20.7. The number of piperidine rings is 1. The van der Waals surface area contributed by atoms with Crippen molar-refractivity contribution in [3.8, 4) is 10.6 Å². The molecule has 30 heavy (non-hydrogen) atoms.